The molecule has 0 aliphatic carbocycles. The zero-order chi connectivity index (χ0) is 14.1. The summed E-state index contributed by atoms with van der Waals surface area (Å²) in [5, 5.41) is 21.6. The van der Waals surface area contributed by atoms with Crippen molar-refractivity contribution in [3.8, 4) is 5.75 Å². The first kappa shape index (κ1) is 16.0. The average molecular weight is 267 g/mol. The van der Waals surface area contributed by atoms with Crippen LogP contribution in [-0.4, -0.2) is 42.6 Å². The van der Waals surface area contributed by atoms with Crippen LogP contribution in [0.25, 0.3) is 0 Å². The van der Waals surface area contributed by atoms with Crippen LogP contribution in [-0.2, 0) is 0 Å². The molecular formula is C15H25NO3. The molecule has 108 valence electrons. The van der Waals surface area contributed by atoms with Crippen LogP contribution in [0.15, 0.2) is 18.2 Å². The van der Waals surface area contributed by atoms with Crippen LogP contribution in [0.2, 0.25) is 0 Å². The van der Waals surface area contributed by atoms with E-state index < -0.39 is 6.10 Å². The van der Waals surface area contributed by atoms with E-state index in [4.69, 9.17) is 9.84 Å². The van der Waals surface area contributed by atoms with Crippen LogP contribution in [0.5, 0.6) is 5.75 Å². The summed E-state index contributed by atoms with van der Waals surface area (Å²) >= 11 is 0. The normalized spacial score (nSPS) is 12.4. The lowest BCUT2D eigenvalue weighted by molar-refractivity contribution is 0.105. The van der Waals surface area contributed by atoms with Gasteiger partial charge in [-0.15, -0.1) is 0 Å². The first-order valence-electron chi connectivity index (χ1n) is 6.83. The van der Waals surface area contributed by atoms with Gasteiger partial charge in [-0.2, -0.15) is 0 Å². The Kier molecular flexibility index (Phi) is 7.48. The molecule has 0 saturated carbocycles. The van der Waals surface area contributed by atoms with Crippen molar-refractivity contribution in [3.05, 3.63) is 29.3 Å². The number of rotatable bonds is 9. The number of unbranched alkanes of at least 4 members (excludes halogenated alkanes) is 1. The first-order valence-corrected chi connectivity index (χ1v) is 6.83. The van der Waals surface area contributed by atoms with E-state index in [0.717, 1.165) is 36.3 Å². The summed E-state index contributed by atoms with van der Waals surface area (Å²) in [6, 6.07) is 6.00. The number of hydrogen-bond donors (Lipinski definition) is 3. The predicted octanol–water partition coefficient (Wildman–Crippen LogP) is 1.41. The fourth-order valence-corrected chi connectivity index (χ4v) is 1.90. The number of ether oxygens (including phenoxy) is 1. The van der Waals surface area contributed by atoms with Crippen LogP contribution >= 0.6 is 0 Å². The molecule has 0 fully saturated rings. The van der Waals surface area contributed by atoms with Crippen LogP contribution in [0, 0.1) is 13.8 Å². The van der Waals surface area contributed by atoms with Gasteiger partial charge in [0.2, 0.25) is 0 Å². The number of aliphatic hydroxyl groups is 2. The standard InChI is InChI=1S/C15H25NO3/c1-12-6-5-7-13(2)15(12)19-11-14(18)10-16-8-3-4-9-17/h5-7,14,16-18H,3-4,8-11H2,1-2H3. The summed E-state index contributed by atoms with van der Waals surface area (Å²) in [5.74, 6) is 0.863. The highest BCUT2D eigenvalue weighted by Gasteiger charge is 2.08. The van der Waals surface area contributed by atoms with Crippen LogP contribution in [0.1, 0.15) is 24.0 Å². The summed E-state index contributed by atoms with van der Waals surface area (Å²) in [6.45, 7) is 5.83. The van der Waals surface area contributed by atoms with E-state index in [2.05, 4.69) is 5.32 Å². The van der Waals surface area contributed by atoms with Crippen LogP contribution in [0.4, 0.5) is 0 Å². The summed E-state index contributed by atoms with van der Waals surface area (Å²) < 4.78 is 5.68. The molecular weight excluding hydrogens is 242 g/mol. The molecule has 4 heteroatoms. The zero-order valence-corrected chi connectivity index (χ0v) is 11.9. The van der Waals surface area contributed by atoms with E-state index in [0.29, 0.717) is 13.2 Å². The number of aryl methyl sites for hydroxylation is 2. The number of benzene rings is 1. The highest BCUT2D eigenvalue weighted by atomic mass is 16.5. The fraction of sp³-hybridized carbons (Fsp3) is 0.600. The van der Waals surface area contributed by atoms with Gasteiger partial charge in [-0.1, -0.05) is 18.2 Å². The highest BCUT2D eigenvalue weighted by Crippen LogP contribution is 2.22. The van der Waals surface area contributed by atoms with Gasteiger partial charge >= 0.3 is 0 Å². The van der Waals surface area contributed by atoms with E-state index >= 15 is 0 Å². The summed E-state index contributed by atoms with van der Waals surface area (Å²) in [5.41, 5.74) is 2.17. The molecule has 0 amide bonds. The maximum Gasteiger partial charge on any atom is 0.125 e. The molecule has 0 bridgehead atoms. The smallest absolute Gasteiger partial charge is 0.125 e. The molecule has 0 aliphatic heterocycles. The molecule has 0 spiro atoms. The Labute approximate surface area is 115 Å². The molecule has 0 saturated heterocycles. The first-order chi connectivity index (χ1) is 9.15. The van der Waals surface area contributed by atoms with Crippen molar-refractivity contribution in [1.29, 1.82) is 0 Å². The van der Waals surface area contributed by atoms with Crippen molar-refractivity contribution in [2.24, 2.45) is 0 Å². The van der Waals surface area contributed by atoms with Crippen molar-refractivity contribution in [2.45, 2.75) is 32.8 Å². The summed E-state index contributed by atoms with van der Waals surface area (Å²) in [6.07, 6.45) is 1.19. The summed E-state index contributed by atoms with van der Waals surface area (Å²) in [7, 11) is 0. The molecule has 4 nitrogen and oxygen atoms in total. The minimum absolute atomic E-state index is 0.222. The average Bonchev–Trinajstić information content (AvgIpc) is 2.38. The van der Waals surface area contributed by atoms with E-state index in [-0.39, 0.29) is 6.61 Å². The number of para-hydroxylation sites is 1. The third-order valence-corrected chi connectivity index (χ3v) is 2.97. The second kappa shape index (κ2) is 8.91. The van der Waals surface area contributed by atoms with Gasteiger partial charge in [-0.3, -0.25) is 0 Å². The Morgan fingerprint density at radius 3 is 2.53 bits per heavy atom. The van der Waals surface area contributed by atoms with Gasteiger partial charge in [0.25, 0.3) is 0 Å². The Hall–Kier alpha value is -1.10. The van der Waals surface area contributed by atoms with E-state index in [1.807, 2.05) is 32.0 Å². The third kappa shape index (κ3) is 6.05. The fourth-order valence-electron chi connectivity index (χ4n) is 1.90. The topological polar surface area (TPSA) is 61.7 Å². The van der Waals surface area contributed by atoms with E-state index in [1.54, 1.807) is 0 Å². The Morgan fingerprint density at radius 2 is 1.89 bits per heavy atom. The lowest BCUT2D eigenvalue weighted by atomic mass is 10.1. The van der Waals surface area contributed by atoms with Crippen molar-refractivity contribution in [3.63, 3.8) is 0 Å². The van der Waals surface area contributed by atoms with Crippen molar-refractivity contribution >= 4 is 0 Å². The van der Waals surface area contributed by atoms with Crippen molar-refractivity contribution < 1.29 is 14.9 Å². The maximum absolute atomic E-state index is 9.81. The molecule has 1 rings (SSSR count). The summed E-state index contributed by atoms with van der Waals surface area (Å²) in [4.78, 5) is 0. The maximum atomic E-state index is 9.81. The van der Waals surface area contributed by atoms with Gasteiger partial charge in [0.05, 0.1) is 0 Å². The van der Waals surface area contributed by atoms with Gasteiger partial charge in [-0.05, 0) is 44.4 Å². The van der Waals surface area contributed by atoms with E-state index in [9.17, 15) is 5.11 Å². The monoisotopic (exact) mass is 267 g/mol. The predicted molar refractivity (Wildman–Crippen MR) is 76.6 cm³/mol. The van der Waals surface area contributed by atoms with Gasteiger partial charge < -0.3 is 20.3 Å². The Balaban J connectivity index is 2.24. The lowest BCUT2D eigenvalue weighted by Crippen LogP contribution is -2.32. The highest BCUT2D eigenvalue weighted by molar-refractivity contribution is 5.39. The van der Waals surface area contributed by atoms with Crippen molar-refractivity contribution in [1.82, 2.24) is 5.32 Å². The molecule has 19 heavy (non-hydrogen) atoms. The van der Waals surface area contributed by atoms with Gasteiger partial charge in [0, 0.05) is 13.2 Å². The van der Waals surface area contributed by atoms with Crippen LogP contribution in [0.3, 0.4) is 0 Å². The van der Waals surface area contributed by atoms with Gasteiger partial charge in [-0.25, -0.2) is 0 Å². The second-order valence-corrected chi connectivity index (χ2v) is 4.82. The quantitative estimate of drug-likeness (QED) is 0.592. The number of aliphatic hydroxyl groups excluding tert-OH is 2. The lowest BCUT2D eigenvalue weighted by Gasteiger charge is -2.16. The number of hydrogen-bond acceptors (Lipinski definition) is 4. The number of nitrogens with one attached hydrogen (secondary N) is 1. The minimum atomic E-state index is -0.520. The Bertz CT molecular complexity index is 348. The molecule has 0 heterocycles. The SMILES string of the molecule is Cc1cccc(C)c1OCC(O)CNCCCCO. The molecule has 0 aromatic heterocycles. The van der Waals surface area contributed by atoms with Gasteiger partial charge in [0.15, 0.2) is 0 Å². The molecule has 1 atom stereocenters. The van der Waals surface area contributed by atoms with Crippen molar-refractivity contribution in [2.75, 3.05) is 26.3 Å². The second-order valence-electron chi connectivity index (χ2n) is 4.82. The largest absolute Gasteiger partial charge is 0.490 e. The molecule has 0 radical (unpaired) electrons. The molecule has 0 aliphatic rings. The zero-order valence-electron chi connectivity index (χ0n) is 11.9. The molecule has 3 N–H and O–H groups in total. The molecule has 1 aromatic rings. The van der Waals surface area contributed by atoms with E-state index in [1.165, 1.54) is 0 Å². The van der Waals surface area contributed by atoms with Gasteiger partial charge in [0.1, 0.15) is 18.5 Å². The van der Waals surface area contributed by atoms with Crippen LogP contribution < -0.4 is 10.1 Å². The Morgan fingerprint density at radius 1 is 1.21 bits per heavy atom. The third-order valence-electron chi connectivity index (χ3n) is 2.97. The molecule has 1 aromatic carbocycles. The molecule has 1 unspecified atom stereocenters. The minimum Gasteiger partial charge on any atom is -0.490 e.